The Morgan fingerprint density at radius 3 is 2.55 bits per heavy atom. The lowest BCUT2D eigenvalue weighted by molar-refractivity contribution is -0.114. The van der Waals surface area contributed by atoms with Crippen molar-refractivity contribution in [2.24, 2.45) is 0 Å². The Hall–Kier alpha value is -2.69. The zero-order chi connectivity index (χ0) is 14.5. The van der Waals surface area contributed by atoms with Gasteiger partial charge in [0.2, 0.25) is 5.91 Å². The van der Waals surface area contributed by atoms with Gasteiger partial charge in [0.25, 0.3) is 0 Å². The molecule has 102 valence electrons. The summed E-state index contributed by atoms with van der Waals surface area (Å²) in [5, 5.41) is 2.57. The van der Waals surface area contributed by atoms with Crippen molar-refractivity contribution >= 4 is 17.6 Å². The third kappa shape index (κ3) is 3.41. The van der Waals surface area contributed by atoms with Gasteiger partial charge in [-0.15, -0.1) is 0 Å². The van der Waals surface area contributed by atoms with Crippen molar-refractivity contribution in [3.8, 4) is 5.75 Å². The number of rotatable bonds is 3. The molecule has 5 heteroatoms. The summed E-state index contributed by atoms with van der Waals surface area (Å²) in [6.45, 7) is 1.37. The average Bonchev–Trinajstić information content (AvgIpc) is 2.38. The van der Waals surface area contributed by atoms with E-state index in [1.54, 1.807) is 24.3 Å². The van der Waals surface area contributed by atoms with Crippen LogP contribution in [0.15, 0.2) is 48.5 Å². The molecule has 0 aromatic heterocycles. The number of halogens is 1. The lowest BCUT2D eigenvalue weighted by Gasteiger charge is -2.07. The van der Waals surface area contributed by atoms with E-state index in [-0.39, 0.29) is 17.2 Å². The molecule has 0 aliphatic rings. The highest BCUT2D eigenvalue weighted by Crippen LogP contribution is 2.19. The van der Waals surface area contributed by atoms with Crippen molar-refractivity contribution < 1.29 is 18.7 Å². The Balaban J connectivity index is 2.16. The first-order chi connectivity index (χ1) is 9.56. The van der Waals surface area contributed by atoms with E-state index in [2.05, 4.69) is 5.32 Å². The molecule has 0 saturated carbocycles. The number of amides is 1. The number of esters is 1. The number of anilines is 1. The standard InChI is InChI=1S/C15H12FNO3/c1-10(18)17-11-5-4-6-12(9-11)20-15(19)13-7-2-3-8-14(13)16/h2-9H,1H3,(H,17,18). The molecule has 1 N–H and O–H groups in total. The summed E-state index contributed by atoms with van der Waals surface area (Å²) in [6, 6.07) is 11.9. The topological polar surface area (TPSA) is 55.4 Å². The summed E-state index contributed by atoms with van der Waals surface area (Å²) in [4.78, 5) is 22.8. The fraction of sp³-hybridized carbons (Fsp3) is 0.0667. The van der Waals surface area contributed by atoms with Crippen LogP contribution in [-0.4, -0.2) is 11.9 Å². The zero-order valence-corrected chi connectivity index (χ0v) is 10.7. The van der Waals surface area contributed by atoms with Crippen LogP contribution in [0.3, 0.4) is 0 Å². The summed E-state index contributed by atoms with van der Waals surface area (Å²) >= 11 is 0. The Bertz CT molecular complexity index is 655. The van der Waals surface area contributed by atoms with Gasteiger partial charge >= 0.3 is 5.97 Å². The maximum absolute atomic E-state index is 13.4. The van der Waals surface area contributed by atoms with Gasteiger partial charge in [-0.3, -0.25) is 4.79 Å². The van der Waals surface area contributed by atoms with Gasteiger partial charge < -0.3 is 10.1 Å². The molecule has 0 fully saturated rings. The second kappa shape index (κ2) is 5.97. The highest BCUT2D eigenvalue weighted by Gasteiger charge is 2.13. The number of carbonyl (C=O) groups is 2. The van der Waals surface area contributed by atoms with E-state index in [9.17, 15) is 14.0 Å². The van der Waals surface area contributed by atoms with Crippen LogP contribution in [0.2, 0.25) is 0 Å². The van der Waals surface area contributed by atoms with Crippen molar-refractivity contribution in [1.82, 2.24) is 0 Å². The van der Waals surface area contributed by atoms with Gasteiger partial charge in [0.1, 0.15) is 11.6 Å². The highest BCUT2D eigenvalue weighted by molar-refractivity contribution is 5.92. The first kappa shape index (κ1) is 13.7. The molecule has 0 aliphatic carbocycles. The molecule has 0 heterocycles. The molecule has 0 bridgehead atoms. The number of benzene rings is 2. The van der Waals surface area contributed by atoms with Crippen molar-refractivity contribution in [2.75, 3.05) is 5.32 Å². The van der Waals surface area contributed by atoms with E-state index in [4.69, 9.17) is 4.74 Å². The van der Waals surface area contributed by atoms with Crippen molar-refractivity contribution in [3.05, 3.63) is 59.9 Å². The van der Waals surface area contributed by atoms with E-state index < -0.39 is 11.8 Å². The Morgan fingerprint density at radius 1 is 1.10 bits per heavy atom. The summed E-state index contributed by atoms with van der Waals surface area (Å²) < 4.78 is 18.5. The lowest BCUT2D eigenvalue weighted by Crippen LogP contribution is -2.11. The largest absolute Gasteiger partial charge is 0.423 e. The van der Waals surface area contributed by atoms with Crippen LogP contribution in [0, 0.1) is 5.82 Å². The lowest BCUT2D eigenvalue weighted by atomic mass is 10.2. The van der Waals surface area contributed by atoms with E-state index in [0.717, 1.165) is 0 Å². The van der Waals surface area contributed by atoms with Crippen LogP contribution >= 0.6 is 0 Å². The van der Waals surface area contributed by atoms with Crippen LogP contribution in [0.5, 0.6) is 5.75 Å². The highest BCUT2D eigenvalue weighted by atomic mass is 19.1. The average molecular weight is 273 g/mol. The van der Waals surface area contributed by atoms with E-state index in [0.29, 0.717) is 5.69 Å². The zero-order valence-electron chi connectivity index (χ0n) is 10.7. The van der Waals surface area contributed by atoms with Crippen molar-refractivity contribution in [2.45, 2.75) is 6.92 Å². The predicted octanol–water partition coefficient (Wildman–Crippen LogP) is 3.00. The summed E-state index contributed by atoms with van der Waals surface area (Å²) in [7, 11) is 0. The first-order valence-electron chi connectivity index (χ1n) is 5.90. The van der Waals surface area contributed by atoms with E-state index in [1.165, 1.54) is 31.2 Å². The summed E-state index contributed by atoms with van der Waals surface area (Å²) in [6.07, 6.45) is 0. The predicted molar refractivity (Wildman–Crippen MR) is 72.1 cm³/mol. The van der Waals surface area contributed by atoms with Crippen LogP contribution in [0.25, 0.3) is 0 Å². The fourth-order valence-electron chi connectivity index (χ4n) is 1.63. The number of hydrogen-bond donors (Lipinski definition) is 1. The van der Waals surface area contributed by atoms with E-state index >= 15 is 0 Å². The minimum atomic E-state index is -0.789. The van der Waals surface area contributed by atoms with E-state index in [1.807, 2.05) is 0 Å². The SMILES string of the molecule is CC(=O)Nc1cccc(OC(=O)c2ccccc2F)c1. The Morgan fingerprint density at radius 2 is 1.85 bits per heavy atom. The molecule has 2 aromatic rings. The smallest absolute Gasteiger partial charge is 0.346 e. The summed E-state index contributed by atoms with van der Waals surface area (Å²) in [5.41, 5.74) is 0.355. The van der Waals surface area contributed by atoms with Gasteiger partial charge in [-0.2, -0.15) is 0 Å². The van der Waals surface area contributed by atoms with Crippen molar-refractivity contribution in [1.29, 1.82) is 0 Å². The molecule has 2 rings (SSSR count). The quantitative estimate of drug-likeness (QED) is 0.691. The Kier molecular flexibility index (Phi) is 4.10. The second-order valence-electron chi connectivity index (χ2n) is 4.08. The molecule has 0 radical (unpaired) electrons. The maximum atomic E-state index is 13.4. The minimum Gasteiger partial charge on any atom is -0.423 e. The third-order valence-corrected chi connectivity index (χ3v) is 2.46. The minimum absolute atomic E-state index is 0.141. The second-order valence-corrected chi connectivity index (χ2v) is 4.08. The monoisotopic (exact) mass is 273 g/mol. The van der Waals surface area contributed by atoms with Gasteiger partial charge in [0.05, 0.1) is 5.56 Å². The van der Waals surface area contributed by atoms with Crippen LogP contribution in [0.1, 0.15) is 17.3 Å². The van der Waals surface area contributed by atoms with Crippen LogP contribution < -0.4 is 10.1 Å². The van der Waals surface area contributed by atoms with Crippen molar-refractivity contribution in [3.63, 3.8) is 0 Å². The van der Waals surface area contributed by atoms with Gasteiger partial charge in [-0.25, -0.2) is 9.18 Å². The Labute approximate surface area is 115 Å². The first-order valence-corrected chi connectivity index (χ1v) is 5.90. The molecule has 0 aliphatic heterocycles. The molecule has 0 atom stereocenters. The summed E-state index contributed by atoms with van der Waals surface area (Å²) in [5.74, 6) is -1.44. The third-order valence-electron chi connectivity index (χ3n) is 2.46. The molecular weight excluding hydrogens is 261 g/mol. The van der Waals surface area contributed by atoms with Gasteiger partial charge in [0.15, 0.2) is 0 Å². The fourth-order valence-corrected chi connectivity index (χ4v) is 1.63. The number of nitrogens with one attached hydrogen (secondary N) is 1. The molecule has 4 nitrogen and oxygen atoms in total. The normalized spacial score (nSPS) is 9.90. The molecule has 0 saturated heterocycles. The van der Waals surface area contributed by atoms with Gasteiger partial charge in [-0.1, -0.05) is 18.2 Å². The van der Waals surface area contributed by atoms with Crippen LogP contribution in [0.4, 0.5) is 10.1 Å². The van der Waals surface area contributed by atoms with Gasteiger partial charge in [-0.05, 0) is 24.3 Å². The van der Waals surface area contributed by atoms with Gasteiger partial charge in [0, 0.05) is 18.7 Å². The molecular formula is C15H12FNO3. The van der Waals surface area contributed by atoms with Crippen LogP contribution in [-0.2, 0) is 4.79 Å². The molecule has 0 unspecified atom stereocenters. The number of ether oxygens (including phenoxy) is 1. The molecule has 2 aromatic carbocycles. The molecule has 20 heavy (non-hydrogen) atoms. The number of hydrogen-bond acceptors (Lipinski definition) is 3. The number of carbonyl (C=O) groups excluding carboxylic acids is 2. The molecule has 1 amide bonds. The maximum Gasteiger partial charge on any atom is 0.346 e. The molecule has 0 spiro atoms.